The third kappa shape index (κ3) is 4.94. The maximum atomic E-state index is 5.69. The second-order valence-corrected chi connectivity index (χ2v) is 6.16. The molecule has 0 aliphatic carbocycles. The van der Waals surface area contributed by atoms with Crippen LogP contribution in [-0.4, -0.2) is 50.3 Å². The molecule has 0 bridgehead atoms. The lowest BCUT2D eigenvalue weighted by atomic mass is 9.86. The van der Waals surface area contributed by atoms with Crippen molar-refractivity contribution in [3.05, 3.63) is 0 Å². The van der Waals surface area contributed by atoms with E-state index in [1.165, 1.54) is 25.9 Å². The van der Waals surface area contributed by atoms with E-state index in [1.807, 2.05) is 0 Å². The molecule has 0 aromatic heterocycles. The van der Waals surface area contributed by atoms with Gasteiger partial charge in [0.2, 0.25) is 0 Å². The summed E-state index contributed by atoms with van der Waals surface area (Å²) in [5, 5.41) is 3.45. The van der Waals surface area contributed by atoms with Gasteiger partial charge in [0, 0.05) is 32.3 Å². The van der Waals surface area contributed by atoms with Gasteiger partial charge < -0.3 is 15.0 Å². The Labute approximate surface area is 107 Å². The van der Waals surface area contributed by atoms with Gasteiger partial charge in [-0.3, -0.25) is 0 Å². The number of ether oxygens (including phenoxy) is 1. The van der Waals surface area contributed by atoms with E-state index in [9.17, 15) is 0 Å². The number of hydrogen-bond donors (Lipinski definition) is 1. The van der Waals surface area contributed by atoms with Gasteiger partial charge in [0.25, 0.3) is 0 Å². The Balaban J connectivity index is 2.34. The van der Waals surface area contributed by atoms with E-state index in [1.54, 1.807) is 0 Å². The molecule has 102 valence electrons. The molecule has 1 fully saturated rings. The quantitative estimate of drug-likeness (QED) is 0.799. The highest BCUT2D eigenvalue weighted by molar-refractivity contribution is 4.84. The summed E-state index contributed by atoms with van der Waals surface area (Å²) in [4.78, 5) is 2.57. The van der Waals surface area contributed by atoms with Crippen molar-refractivity contribution in [2.75, 3.05) is 33.3 Å². The smallest absolute Gasteiger partial charge is 0.0599 e. The highest BCUT2D eigenvalue weighted by atomic mass is 16.5. The van der Waals surface area contributed by atoms with Crippen molar-refractivity contribution in [3.63, 3.8) is 0 Å². The van der Waals surface area contributed by atoms with Gasteiger partial charge in [0.1, 0.15) is 0 Å². The van der Waals surface area contributed by atoms with Gasteiger partial charge in [0.15, 0.2) is 0 Å². The average molecular weight is 242 g/mol. The summed E-state index contributed by atoms with van der Waals surface area (Å²) in [6.07, 6.45) is 2.88. The first-order chi connectivity index (χ1) is 7.97. The largest absolute Gasteiger partial charge is 0.378 e. The van der Waals surface area contributed by atoms with Crippen molar-refractivity contribution in [2.24, 2.45) is 5.41 Å². The molecule has 1 unspecified atom stereocenters. The van der Waals surface area contributed by atoms with Gasteiger partial charge in [-0.15, -0.1) is 0 Å². The molecule has 1 aliphatic rings. The molecule has 0 aromatic carbocycles. The zero-order chi connectivity index (χ0) is 12.9. The van der Waals surface area contributed by atoms with Crippen LogP contribution in [0.1, 0.15) is 40.5 Å². The molecule has 1 rings (SSSR count). The molecule has 3 nitrogen and oxygen atoms in total. The summed E-state index contributed by atoms with van der Waals surface area (Å²) >= 11 is 0. The van der Waals surface area contributed by atoms with Gasteiger partial charge >= 0.3 is 0 Å². The molecule has 1 atom stereocenters. The van der Waals surface area contributed by atoms with Gasteiger partial charge in [-0.05, 0) is 32.2 Å². The maximum absolute atomic E-state index is 5.69. The standard InChI is InChI=1S/C14H30N2O/c1-6-17-12-7-9-16(10-8-12)11-13(15-5)14(2,3)4/h12-13,15H,6-11H2,1-5H3. The third-order valence-electron chi connectivity index (χ3n) is 3.77. The zero-order valence-electron chi connectivity index (χ0n) is 12.3. The number of rotatable bonds is 5. The predicted molar refractivity (Wildman–Crippen MR) is 73.4 cm³/mol. The highest BCUT2D eigenvalue weighted by Gasteiger charge is 2.27. The second kappa shape index (κ2) is 6.72. The summed E-state index contributed by atoms with van der Waals surface area (Å²) in [7, 11) is 2.07. The van der Waals surface area contributed by atoms with E-state index >= 15 is 0 Å². The highest BCUT2D eigenvalue weighted by Crippen LogP contribution is 2.21. The van der Waals surface area contributed by atoms with Crippen LogP contribution in [0.4, 0.5) is 0 Å². The Morgan fingerprint density at radius 3 is 2.29 bits per heavy atom. The van der Waals surface area contributed by atoms with E-state index in [2.05, 4.69) is 45.0 Å². The van der Waals surface area contributed by atoms with E-state index in [0.29, 0.717) is 17.6 Å². The van der Waals surface area contributed by atoms with Crippen LogP contribution < -0.4 is 5.32 Å². The number of hydrogen-bond acceptors (Lipinski definition) is 3. The Morgan fingerprint density at radius 1 is 1.29 bits per heavy atom. The van der Waals surface area contributed by atoms with Gasteiger partial charge in [-0.1, -0.05) is 20.8 Å². The van der Waals surface area contributed by atoms with Crippen molar-refractivity contribution in [2.45, 2.75) is 52.7 Å². The Bertz CT molecular complexity index is 205. The SMILES string of the molecule is CCOC1CCN(CC(NC)C(C)(C)C)CC1. The topological polar surface area (TPSA) is 24.5 Å². The lowest BCUT2D eigenvalue weighted by molar-refractivity contribution is 0.00956. The fourth-order valence-electron chi connectivity index (χ4n) is 2.55. The van der Waals surface area contributed by atoms with Gasteiger partial charge in [0.05, 0.1) is 6.10 Å². The van der Waals surface area contributed by atoms with Crippen LogP contribution in [0.3, 0.4) is 0 Å². The first-order valence-corrected chi connectivity index (χ1v) is 6.98. The van der Waals surface area contributed by atoms with Crippen LogP contribution in [0.5, 0.6) is 0 Å². The van der Waals surface area contributed by atoms with Crippen LogP contribution in [0, 0.1) is 5.41 Å². The number of piperidine rings is 1. The molecule has 1 aliphatic heterocycles. The van der Waals surface area contributed by atoms with E-state index in [0.717, 1.165) is 13.2 Å². The Hall–Kier alpha value is -0.120. The molecule has 0 radical (unpaired) electrons. The summed E-state index contributed by atoms with van der Waals surface area (Å²) in [6.45, 7) is 13.4. The fraction of sp³-hybridized carbons (Fsp3) is 1.00. The minimum Gasteiger partial charge on any atom is -0.378 e. The number of nitrogens with zero attached hydrogens (tertiary/aromatic N) is 1. The van der Waals surface area contributed by atoms with Crippen molar-refractivity contribution < 1.29 is 4.74 Å². The molecule has 1 N–H and O–H groups in total. The van der Waals surface area contributed by atoms with Crippen molar-refractivity contribution >= 4 is 0 Å². The predicted octanol–water partition coefficient (Wildman–Crippen LogP) is 2.12. The number of likely N-dealkylation sites (tertiary alicyclic amines) is 1. The zero-order valence-corrected chi connectivity index (χ0v) is 12.3. The normalized spacial score (nSPS) is 21.7. The molecular weight excluding hydrogens is 212 g/mol. The lowest BCUT2D eigenvalue weighted by Crippen LogP contribution is -2.49. The minimum atomic E-state index is 0.325. The molecule has 0 amide bonds. The molecule has 0 aromatic rings. The number of nitrogens with one attached hydrogen (secondary N) is 1. The van der Waals surface area contributed by atoms with Gasteiger partial charge in [-0.2, -0.15) is 0 Å². The summed E-state index contributed by atoms with van der Waals surface area (Å²) in [6, 6.07) is 0.561. The summed E-state index contributed by atoms with van der Waals surface area (Å²) in [5.74, 6) is 0. The van der Waals surface area contributed by atoms with Crippen molar-refractivity contribution in [3.8, 4) is 0 Å². The molecule has 1 saturated heterocycles. The van der Waals surface area contributed by atoms with E-state index in [4.69, 9.17) is 4.74 Å². The molecular formula is C14H30N2O. The van der Waals surface area contributed by atoms with Gasteiger partial charge in [-0.25, -0.2) is 0 Å². The van der Waals surface area contributed by atoms with Crippen LogP contribution in [0.2, 0.25) is 0 Å². The molecule has 0 spiro atoms. The van der Waals surface area contributed by atoms with Crippen LogP contribution in [-0.2, 0) is 4.74 Å². The molecule has 1 heterocycles. The monoisotopic (exact) mass is 242 g/mol. The minimum absolute atomic E-state index is 0.325. The summed E-state index contributed by atoms with van der Waals surface area (Å²) in [5.41, 5.74) is 0.325. The molecule has 3 heteroatoms. The second-order valence-electron chi connectivity index (χ2n) is 6.16. The van der Waals surface area contributed by atoms with E-state index < -0.39 is 0 Å². The maximum Gasteiger partial charge on any atom is 0.0599 e. The molecule has 17 heavy (non-hydrogen) atoms. The average Bonchev–Trinajstić information content (AvgIpc) is 2.27. The van der Waals surface area contributed by atoms with E-state index in [-0.39, 0.29) is 0 Å². The first kappa shape index (κ1) is 14.9. The lowest BCUT2D eigenvalue weighted by Gasteiger charge is -2.38. The van der Waals surface area contributed by atoms with Crippen LogP contribution >= 0.6 is 0 Å². The van der Waals surface area contributed by atoms with Crippen molar-refractivity contribution in [1.29, 1.82) is 0 Å². The third-order valence-corrected chi connectivity index (χ3v) is 3.77. The Morgan fingerprint density at radius 2 is 1.88 bits per heavy atom. The van der Waals surface area contributed by atoms with Crippen molar-refractivity contribution in [1.82, 2.24) is 10.2 Å². The fourth-order valence-corrected chi connectivity index (χ4v) is 2.55. The molecule has 0 saturated carbocycles. The number of likely N-dealkylation sites (N-methyl/N-ethyl adjacent to an activating group) is 1. The van der Waals surface area contributed by atoms with Crippen LogP contribution in [0.15, 0.2) is 0 Å². The van der Waals surface area contributed by atoms with Crippen LogP contribution in [0.25, 0.3) is 0 Å². The Kier molecular flexibility index (Phi) is 5.90. The first-order valence-electron chi connectivity index (χ1n) is 6.98. The summed E-state index contributed by atoms with van der Waals surface area (Å²) < 4.78 is 5.69.